The molecule has 2 heterocycles. The molecule has 0 radical (unpaired) electrons. The lowest BCUT2D eigenvalue weighted by Crippen LogP contribution is -2.26. The molecular formula is C17H19FN2O2. The Morgan fingerprint density at radius 3 is 2.77 bits per heavy atom. The third-order valence-electron chi connectivity index (χ3n) is 3.83. The van der Waals surface area contributed by atoms with Gasteiger partial charge < -0.3 is 9.30 Å². The zero-order chi connectivity index (χ0) is 16.1. The van der Waals surface area contributed by atoms with E-state index in [1.807, 2.05) is 38.5 Å². The number of hydrogen-bond donors (Lipinski definition) is 0. The number of ether oxygens (including phenoxy) is 1. The van der Waals surface area contributed by atoms with Gasteiger partial charge in [-0.25, -0.2) is 9.18 Å². The van der Waals surface area contributed by atoms with Crippen LogP contribution in [0.5, 0.6) is 0 Å². The standard InChI is InChI=1S/C17H19FN2O2/c1-10-11-5-6-13(18)12-7-8-20(15(11)12)9-14(10)19-16(21)22-17(2,3)4/h5-8,10H,9H2,1-4H3/b19-14+. The predicted octanol–water partition coefficient (Wildman–Crippen LogP) is 4.27. The van der Waals surface area contributed by atoms with Gasteiger partial charge in [0.2, 0.25) is 0 Å². The lowest BCUT2D eigenvalue weighted by Gasteiger charge is -2.25. The molecule has 0 fully saturated rings. The minimum absolute atomic E-state index is 0.0435. The fraction of sp³-hybridized carbons (Fsp3) is 0.412. The molecule has 4 nitrogen and oxygen atoms in total. The molecule has 1 aliphatic rings. The summed E-state index contributed by atoms with van der Waals surface area (Å²) >= 11 is 0. The van der Waals surface area contributed by atoms with E-state index >= 15 is 0 Å². The van der Waals surface area contributed by atoms with Gasteiger partial charge in [0, 0.05) is 17.5 Å². The van der Waals surface area contributed by atoms with Gasteiger partial charge in [0.15, 0.2) is 0 Å². The van der Waals surface area contributed by atoms with E-state index in [4.69, 9.17) is 4.74 Å². The second-order valence-electron chi connectivity index (χ2n) is 6.65. The molecule has 1 aromatic heterocycles. The number of halogens is 1. The molecule has 1 unspecified atom stereocenters. The average molecular weight is 302 g/mol. The van der Waals surface area contributed by atoms with Crippen LogP contribution in [-0.2, 0) is 11.3 Å². The number of carbonyl (C=O) groups excluding carboxylic acids is 1. The molecule has 5 heteroatoms. The van der Waals surface area contributed by atoms with E-state index in [0.29, 0.717) is 11.9 Å². The topological polar surface area (TPSA) is 43.6 Å². The number of aliphatic imine (C=N–C) groups is 1. The summed E-state index contributed by atoms with van der Waals surface area (Å²) in [6.45, 7) is 7.88. The van der Waals surface area contributed by atoms with Crippen molar-refractivity contribution in [1.29, 1.82) is 0 Å². The number of aromatic nitrogens is 1. The molecule has 0 N–H and O–H groups in total. The molecule has 0 saturated carbocycles. The second kappa shape index (κ2) is 4.93. The highest BCUT2D eigenvalue weighted by molar-refractivity contribution is 6.03. The van der Waals surface area contributed by atoms with Crippen molar-refractivity contribution >= 4 is 22.7 Å². The summed E-state index contributed by atoms with van der Waals surface area (Å²) in [5.41, 5.74) is 2.03. The zero-order valence-corrected chi connectivity index (χ0v) is 13.2. The minimum atomic E-state index is -0.580. The van der Waals surface area contributed by atoms with Crippen molar-refractivity contribution < 1.29 is 13.9 Å². The predicted molar refractivity (Wildman–Crippen MR) is 84.0 cm³/mol. The Bertz CT molecular complexity index is 784. The summed E-state index contributed by atoms with van der Waals surface area (Å²) in [6.07, 6.45) is 1.25. The molecule has 1 aliphatic heterocycles. The van der Waals surface area contributed by atoms with Crippen LogP contribution < -0.4 is 0 Å². The Morgan fingerprint density at radius 2 is 2.09 bits per heavy atom. The number of amides is 1. The molecule has 0 saturated heterocycles. The fourth-order valence-electron chi connectivity index (χ4n) is 2.82. The van der Waals surface area contributed by atoms with Crippen molar-refractivity contribution in [1.82, 2.24) is 4.57 Å². The molecule has 0 spiro atoms. The first-order valence-electron chi connectivity index (χ1n) is 7.34. The molecule has 1 atom stereocenters. The third-order valence-corrected chi connectivity index (χ3v) is 3.83. The fourth-order valence-corrected chi connectivity index (χ4v) is 2.82. The highest BCUT2D eigenvalue weighted by Gasteiger charge is 2.26. The Kier molecular flexibility index (Phi) is 3.31. The van der Waals surface area contributed by atoms with Gasteiger partial charge in [0.25, 0.3) is 0 Å². The van der Waals surface area contributed by atoms with Crippen molar-refractivity contribution in [3.8, 4) is 0 Å². The first kappa shape index (κ1) is 14.8. The monoisotopic (exact) mass is 302 g/mol. The quantitative estimate of drug-likeness (QED) is 0.729. The Balaban J connectivity index is 1.99. The smallest absolute Gasteiger partial charge is 0.434 e. The van der Waals surface area contributed by atoms with E-state index < -0.39 is 11.7 Å². The zero-order valence-electron chi connectivity index (χ0n) is 13.2. The van der Waals surface area contributed by atoms with Crippen LogP contribution in [0.15, 0.2) is 29.4 Å². The lowest BCUT2D eigenvalue weighted by atomic mass is 9.91. The third kappa shape index (κ3) is 2.51. The van der Waals surface area contributed by atoms with Crippen LogP contribution in [0, 0.1) is 5.82 Å². The van der Waals surface area contributed by atoms with Crippen LogP contribution in [-0.4, -0.2) is 22.0 Å². The van der Waals surface area contributed by atoms with Crippen LogP contribution in [0.4, 0.5) is 9.18 Å². The van der Waals surface area contributed by atoms with Crippen molar-refractivity contribution in [3.63, 3.8) is 0 Å². The number of nitrogens with zero attached hydrogens (tertiary/aromatic N) is 2. The van der Waals surface area contributed by atoms with Gasteiger partial charge in [-0.3, -0.25) is 0 Å². The van der Waals surface area contributed by atoms with Gasteiger partial charge in [-0.15, -0.1) is 0 Å². The summed E-state index contributed by atoms with van der Waals surface area (Å²) in [6, 6.07) is 4.99. The van der Waals surface area contributed by atoms with Crippen molar-refractivity contribution in [2.45, 2.75) is 45.8 Å². The van der Waals surface area contributed by atoms with Crippen LogP contribution in [0.3, 0.4) is 0 Å². The average Bonchev–Trinajstić information content (AvgIpc) is 2.80. The minimum Gasteiger partial charge on any atom is -0.442 e. The van der Waals surface area contributed by atoms with Gasteiger partial charge in [0.1, 0.15) is 11.4 Å². The van der Waals surface area contributed by atoms with E-state index in [2.05, 4.69) is 4.99 Å². The maximum Gasteiger partial charge on any atom is 0.434 e. The molecule has 116 valence electrons. The van der Waals surface area contributed by atoms with Crippen LogP contribution in [0.1, 0.15) is 39.2 Å². The van der Waals surface area contributed by atoms with Crippen LogP contribution >= 0.6 is 0 Å². The highest BCUT2D eigenvalue weighted by atomic mass is 19.1. The number of rotatable bonds is 0. The van der Waals surface area contributed by atoms with Gasteiger partial charge >= 0.3 is 6.09 Å². The molecular weight excluding hydrogens is 283 g/mol. The van der Waals surface area contributed by atoms with Gasteiger partial charge in [-0.2, -0.15) is 4.99 Å². The molecule has 1 aromatic carbocycles. The SMILES string of the molecule is CC1/C(=N/C(=O)OC(C)(C)C)Cn2ccc3c(F)ccc1c32. The van der Waals surface area contributed by atoms with Gasteiger partial charge in [-0.05, 0) is 38.5 Å². The number of benzene rings is 1. The van der Waals surface area contributed by atoms with E-state index in [1.54, 1.807) is 12.1 Å². The van der Waals surface area contributed by atoms with E-state index in [-0.39, 0.29) is 11.7 Å². The normalized spacial score (nSPS) is 19.7. The number of hydrogen-bond acceptors (Lipinski definition) is 2. The lowest BCUT2D eigenvalue weighted by molar-refractivity contribution is 0.0603. The van der Waals surface area contributed by atoms with Crippen LogP contribution in [0.25, 0.3) is 10.9 Å². The summed E-state index contributed by atoms with van der Waals surface area (Å²) in [5.74, 6) is -0.268. The Hall–Kier alpha value is -2.17. The largest absolute Gasteiger partial charge is 0.442 e. The first-order chi connectivity index (χ1) is 10.3. The molecule has 3 rings (SSSR count). The Labute approximate surface area is 128 Å². The maximum atomic E-state index is 13.8. The van der Waals surface area contributed by atoms with E-state index in [0.717, 1.165) is 16.8 Å². The second-order valence-corrected chi connectivity index (χ2v) is 6.65. The molecule has 1 amide bonds. The Morgan fingerprint density at radius 1 is 1.36 bits per heavy atom. The number of carbonyl (C=O) groups is 1. The summed E-state index contributed by atoms with van der Waals surface area (Å²) in [7, 11) is 0. The van der Waals surface area contributed by atoms with Crippen LogP contribution in [0.2, 0.25) is 0 Å². The molecule has 0 bridgehead atoms. The molecule has 0 aliphatic carbocycles. The van der Waals surface area contributed by atoms with E-state index in [9.17, 15) is 9.18 Å². The van der Waals surface area contributed by atoms with Crippen molar-refractivity contribution in [2.24, 2.45) is 4.99 Å². The first-order valence-corrected chi connectivity index (χ1v) is 7.34. The summed E-state index contributed by atoms with van der Waals surface area (Å²) in [5, 5.41) is 0.612. The van der Waals surface area contributed by atoms with Gasteiger partial charge in [-0.1, -0.05) is 13.0 Å². The summed E-state index contributed by atoms with van der Waals surface area (Å²) < 4.78 is 21.0. The van der Waals surface area contributed by atoms with Crippen molar-refractivity contribution in [2.75, 3.05) is 0 Å². The molecule has 2 aromatic rings. The highest BCUT2D eigenvalue weighted by Crippen LogP contribution is 2.33. The van der Waals surface area contributed by atoms with Gasteiger partial charge in [0.05, 0.1) is 17.8 Å². The maximum absolute atomic E-state index is 13.8. The molecule has 22 heavy (non-hydrogen) atoms. The van der Waals surface area contributed by atoms with E-state index in [1.165, 1.54) is 6.07 Å². The summed E-state index contributed by atoms with van der Waals surface area (Å²) in [4.78, 5) is 16.1. The van der Waals surface area contributed by atoms with Crippen molar-refractivity contribution in [3.05, 3.63) is 35.8 Å².